The van der Waals surface area contributed by atoms with Crippen molar-refractivity contribution >= 4 is 11.9 Å². The quantitative estimate of drug-likeness (QED) is 0.645. The highest BCUT2D eigenvalue weighted by Gasteiger charge is 2.46. The lowest BCUT2D eigenvalue weighted by atomic mass is 9.79. The average molecular weight is 286 g/mol. The molecule has 1 atom stereocenters. The maximum atomic E-state index is 13.7. The third kappa shape index (κ3) is 2.95. The number of aliphatic carboxylic acids is 1. The molecule has 6 heteroatoms. The van der Waals surface area contributed by atoms with Gasteiger partial charge in [-0.2, -0.15) is 0 Å². The zero-order valence-electron chi connectivity index (χ0n) is 11.3. The Balaban J connectivity index is 3.22. The summed E-state index contributed by atoms with van der Waals surface area (Å²) in [6, 6.07) is 3.45. The monoisotopic (exact) mass is 286 g/mol. The van der Waals surface area contributed by atoms with Crippen LogP contribution < -0.4 is 0 Å². The number of carboxylic acids is 1. The van der Waals surface area contributed by atoms with E-state index in [9.17, 15) is 23.5 Å². The maximum absolute atomic E-state index is 13.7. The van der Waals surface area contributed by atoms with E-state index >= 15 is 0 Å². The van der Waals surface area contributed by atoms with Crippen molar-refractivity contribution < 1.29 is 28.2 Å². The predicted molar refractivity (Wildman–Crippen MR) is 67.1 cm³/mol. The largest absolute Gasteiger partial charge is 0.480 e. The number of ether oxygens (including phenoxy) is 1. The molecule has 0 saturated heterocycles. The molecular weight excluding hydrogens is 270 g/mol. The first-order valence-corrected chi connectivity index (χ1v) is 6.22. The number of carboxylic acid groups (broad SMARTS) is 1. The normalized spacial score (nSPS) is 13.6. The second-order valence-corrected chi connectivity index (χ2v) is 4.35. The third-order valence-electron chi connectivity index (χ3n) is 3.20. The zero-order valence-corrected chi connectivity index (χ0v) is 11.3. The van der Waals surface area contributed by atoms with Crippen LogP contribution in [0.1, 0.15) is 25.8 Å². The summed E-state index contributed by atoms with van der Waals surface area (Å²) >= 11 is 0. The van der Waals surface area contributed by atoms with E-state index in [-0.39, 0.29) is 18.6 Å². The van der Waals surface area contributed by atoms with E-state index in [1.54, 1.807) is 6.92 Å². The molecule has 1 unspecified atom stereocenters. The lowest BCUT2D eigenvalue weighted by molar-refractivity contribution is -0.168. The van der Waals surface area contributed by atoms with Crippen LogP contribution in [-0.4, -0.2) is 23.7 Å². The van der Waals surface area contributed by atoms with Gasteiger partial charge in [0.25, 0.3) is 0 Å². The lowest BCUT2D eigenvalue weighted by Crippen LogP contribution is -2.42. The SMILES string of the molecule is CCOC(=O)C(CC)(Cc1cccc(F)c1F)C(=O)O. The number of carbonyl (C=O) groups is 2. The topological polar surface area (TPSA) is 63.6 Å². The van der Waals surface area contributed by atoms with Gasteiger partial charge in [0.05, 0.1) is 6.61 Å². The second-order valence-electron chi connectivity index (χ2n) is 4.35. The van der Waals surface area contributed by atoms with Gasteiger partial charge in [-0.1, -0.05) is 19.1 Å². The summed E-state index contributed by atoms with van der Waals surface area (Å²) < 4.78 is 31.6. The first-order chi connectivity index (χ1) is 9.39. The zero-order chi connectivity index (χ0) is 15.3. The number of esters is 1. The molecule has 0 bridgehead atoms. The van der Waals surface area contributed by atoms with E-state index in [0.717, 1.165) is 6.07 Å². The van der Waals surface area contributed by atoms with Crippen molar-refractivity contribution in [3.8, 4) is 0 Å². The van der Waals surface area contributed by atoms with Crippen LogP contribution in [0.15, 0.2) is 18.2 Å². The Morgan fingerprint density at radius 2 is 1.95 bits per heavy atom. The van der Waals surface area contributed by atoms with Gasteiger partial charge in [-0.25, -0.2) is 8.78 Å². The summed E-state index contributed by atoms with van der Waals surface area (Å²) in [7, 11) is 0. The summed E-state index contributed by atoms with van der Waals surface area (Å²) in [6.45, 7) is 3.05. The molecule has 1 aromatic rings. The van der Waals surface area contributed by atoms with E-state index in [4.69, 9.17) is 4.74 Å². The Hall–Kier alpha value is -1.98. The molecule has 0 fully saturated rings. The van der Waals surface area contributed by atoms with Crippen LogP contribution in [0.4, 0.5) is 8.78 Å². The third-order valence-corrected chi connectivity index (χ3v) is 3.20. The van der Waals surface area contributed by atoms with Gasteiger partial charge < -0.3 is 9.84 Å². The lowest BCUT2D eigenvalue weighted by Gasteiger charge is -2.26. The van der Waals surface area contributed by atoms with Crippen LogP contribution in [0, 0.1) is 17.0 Å². The van der Waals surface area contributed by atoms with Gasteiger partial charge in [0.1, 0.15) is 0 Å². The van der Waals surface area contributed by atoms with Crippen LogP contribution in [0.25, 0.3) is 0 Å². The van der Waals surface area contributed by atoms with Crippen molar-refractivity contribution in [3.05, 3.63) is 35.4 Å². The molecule has 0 aliphatic heterocycles. The van der Waals surface area contributed by atoms with E-state index in [1.165, 1.54) is 19.1 Å². The van der Waals surface area contributed by atoms with E-state index in [2.05, 4.69) is 0 Å². The maximum Gasteiger partial charge on any atom is 0.323 e. The Kier molecular flexibility index (Phi) is 5.19. The number of carbonyl (C=O) groups excluding carboxylic acids is 1. The number of benzene rings is 1. The van der Waals surface area contributed by atoms with Gasteiger partial charge in [0.2, 0.25) is 0 Å². The standard InChI is InChI=1S/C14H16F2O4/c1-3-14(12(17)18,13(19)20-4-2)8-9-6-5-7-10(15)11(9)16/h5-7H,3-4,8H2,1-2H3,(H,17,18). The Morgan fingerprint density at radius 3 is 2.45 bits per heavy atom. The van der Waals surface area contributed by atoms with Crippen LogP contribution >= 0.6 is 0 Å². The van der Waals surface area contributed by atoms with Gasteiger partial charge in [0, 0.05) is 6.42 Å². The van der Waals surface area contributed by atoms with E-state index in [1.807, 2.05) is 0 Å². The smallest absolute Gasteiger partial charge is 0.323 e. The van der Waals surface area contributed by atoms with Gasteiger partial charge in [-0.05, 0) is 25.0 Å². The van der Waals surface area contributed by atoms with Crippen LogP contribution in [0.5, 0.6) is 0 Å². The molecule has 0 heterocycles. The Labute approximate surface area is 115 Å². The fourth-order valence-corrected chi connectivity index (χ4v) is 1.94. The van der Waals surface area contributed by atoms with Crippen LogP contribution in [-0.2, 0) is 20.7 Å². The van der Waals surface area contributed by atoms with Gasteiger partial charge in [-0.15, -0.1) is 0 Å². The highest BCUT2D eigenvalue weighted by atomic mass is 19.2. The number of hydrogen-bond acceptors (Lipinski definition) is 3. The summed E-state index contributed by atoms with van der Waals surface area (Å²) in [4.78, 5) is 23.4. The van der Waals surface area contributed by atoms with Gasteiger partial charge in [0.15, 0.2) is 17.0 Å². The molecule has 1 aromatic carbocycles. The van der Waals surface area contributed by atoms with Gasteiger partial charge in [-0.3, -0.25) is 9.59 Å². The molecular formula is C14H16F2O4. The summed E-state index contributed by atoms with van der Waals surface area (Å²) in [6.07, 6.45) is -0.543. The molecule has 0 saturated carbocycles. The van der Waals surface area contributed by atoms with Crippen molar-refractivity contribution in [1.29, 1.82) is 0 Å². The van der Waals surface area contributed by atoms with Crippen molar-refractivity contribution in [2.75, 3.05) is 6.61 Å². The fraction of sp³-hybridized carbons (Fsp3) is 0.429. The fourth-order valence-electron chi connectivity index (χ4n) is 1.94. The minimum absolute atomic E-state index is 0.0134. The summed E-state index contributed by atoms with van der Waals surface area (Å²) in [5.41, 5.74) is -2.08. The average Bonchev–Trinajstić information content (AvgIpc) is 2.40. The van der Waals surface area contributed by atoms with Crippen LogP contribution in [0.2, 0.25) is 0 Å². The van der Waals surface area contributed by atoms with Gasteiger partial charge >= 0.3 is 11.9 Å². The first kappa shape index (κ1) is 16.1. The Morgan fingerprint density at radius 1 is 1.30 bits per heavy atom. The highest BCUT2D eigenvalue weighted by molar-refractivity contribution is 5.99. The molecule has 0 amide bonds. The van der Waals surface area contributed by atoms with Crippen LogP contribution in [0.3, 0.4) is 0 Å². The molecule has 0 aliphatic rings. The molecule has 1 N–H and O–H groups in total. The van der Waals surface area contributed by atoms with Crippen molar-refractivity contribution in [2.24, 2.45) is 5.41 Å². The number of halogens is 2. The van der Waals surface area contributed by atoms with Crippen molar-refractivity contribution in [3.63, 3.8) is 0 Å². The van der Waals surface area contributed by atoms with E-state index in [0.29, 0.717) is 0 Å². The van der Waals surface area contributed by atoms with E-state index < -0.39 is 35.4 Å². The number of hydrogen-bond donors (Lipinski definition) is 1. The molecule has 110 valence electrons. The summed E-state index contributed by atoms with van der Waals surface area (Å²) in [5, 5.41) is 9.33. The first-order valence-electron chi connectivity index (χ1n) is 6.22. The second kappa shape index (κ2) is 6.45. The Bertz CT molecular complexity index is 516. The summed E-state index contributed by atoms with van der Waals surface area (Å²) in [5.74, 6) is -4.58. The molecule has 0 aromatic heterocycles. The number of rotatable bonds is 6. The molecule has 1 rings (SSSR count). The molecule has 4 nitrogen and oxygen atoms in total. The van der Waals surface area contributed by atoms with Crippen molar-refractivity contribution in [2.45, 2.75) is 26.7 Å². The predicted octanol–water partition coefficient (Wildman–Crippen LogP) is 2.55. The molecule has 20 heavy (non-hydrogen) atoms. The highest BCUT2D eigenvalue weighted by Crippen LogP contribution is 2.31. The molecule has 0 radical (unpaired) electrons. The minimum Gasteiger partial charge on any atom is -0.480 e. The molecule has 0 aliphatic carbocycles. The van der Waals surface area contributed by atoms with Crippen molar-refractivity contribution in [1.82, 2.24) is 0 Å². The molecule has 0 spiro atoms. The minimum atomic E-state index is -1.91.